The van der Waals surface area contributed by atoms with Gasteiger partial charge >= 0.3 is 6.03 Å². The molecule has 148 valence electrons. The molecule has 6 nitrogen and oxygen atoms in total. The Morgan fingerprint density at radius 3 is 2.86 bits per heavy atom. The van der Waals surface area contributed by atoms with Gasteiger partial charge in [0.1, 0.15) is 5.75 Å². The van der Waals surface area contributed by atoms with Crippen LogP contribution in [0.25, 0.3) is 0 Å². The zero-order valence-corrected chi connectivity index (χ0v) is 16.2. The highest BCUT2D eigenvalue weighted by molar-refractivity contribution is 5.89. The van der Waals surface area contributed by atoms with Crippen molar-refractivity contribution in [3.63, 3.8) is 0 Å². The first-order chi connectivity index (χ1) is 13.7. The number of benzene rings is 2. The summed E-state index contributed by atoms with van der Waals surface area (Å²) in [7, 11) is 0. The molecule has 0 saturated carbocycles. The van der Waals surface area contributed by atoms with Crippen molar-refractivity contribution in [1.82, 2.24) is 10.6 Å². The van der Waals surface area contributed by atoms with Crippen LogP contribution in [0.2, 0.25) is 0 Å². The highest BCUT2D eigenvalue weighted by atomic mass is 16.5. The molecule has 3 rings (SSSR count). The minimum absolute atomic E-state index is 0.0383. The summed E-state index contributed by atoms with van der Waals surface area (Å²) >= 11 is 0. The van der Waals surface area contributed by atoms with E-state index < -0.39 is 0 Å². The Morgan fingerprint density at radius 2 is 2.00 bits per heavy atom. The van der Waals surface area contributed by atoms with Crippen molar-refractivity contribution in [3.05, 3.63) is 59.7 Å². The summed E-state index contributed by atoms with van der Waals surface area (Å²) in [5, 5.41) is 8.57. The SMILES string of the molecule is CCCNC(=O)Nc1cccc(OCC(=O)N[C@@H]2CCCc3ccccc32)c1. The van der Waals surface area contributed by atoms with Crippen LogP contribution in [-0.2, 0) is 11.2 Å². The molecule has 2 aromatic carbocycles. The predicted molar refractivity (Wildman–Crippen MR) is 110 cm³/mol. The third-order valence-corrected chi connectivity index (χ3v) is 4.70. The summed E-state index contributed by atoms with van der Waals surface area (Å²) in [5.74, 6) is 0.383. The molecular weight excluding hydrogens is 354 g/mol. The molecule has 1 aliphatic carbocycles. The molecule has 0 heterocycles. The molecule has 3 amide bonds. The summed E-state index contributed by atoms with van der Waals surface area (Å²) in [5.41, 5.74) is 3.12. The van der Waals surface area contributed by atoms with Gasteiger partial charge in [0.15, 0.2) is 6.61 Å². The average Bonchev–Trinajstić information content (AvgIpc) is 2.71. The number of rotatable bonds is 7. The number of aryl methyl sites for hydroxylation is 1. The van der Waals surface area contributed by atoms with Gasteiger partial charge in [-0.15, -0.1) is 0 Å². The second-order valence-corrected chi connectivity index (χ2v) is 6.91. The lowest BCUT2D eigenvalue weighted by atomic mass is 9.88. The molecule has 0 unspecified atom stereocenters. The molecule has 0 fully saturated rings. The van der Waals surface area contributed by atoms with Gasteiger partial charge in [0.05, 0.1) is 6.04 Å². The molecule has 2 aromatic rings. The lowest BCUT2D eigenvalue weighted by Crippen LogP contribution is -2.34. The molecular formula is C22H27N3O3. The monoisotopic (exact) mass is 381 g/mol. The number of hydrogen-bond donors (Lipinski definition) is 3. The van der Waals surface area contributed by atoms with Crippen LogP contribution in [0, 0.1) is 0 Å². The fraction of sp³-hybridized carbons (Fsp3) is 0.364. The Kier molecular flexibility index (Phi) is 6.89. The molecule has 0 aromatic heterocycles. The molecule has 0 aliphatic heterocycles. The quantitative estimate of drug-likeness (QED) is 0.683. The first kappa shape index (κ1) is 19.7. The molecule has 1 aliphatic rings. The fourth-order valence-electron chi connectivity index (χ4n) is 3.37. The van der Waals surface area contributed by atoms with Gasteiger partial charge in [-0.05, 0) is 48.9 Å². The van der Waals surface area contributed by atoms with Gasteiger partial charge in [-0.25, -0.2) is 4.79 Å². The molecule has 0 spiro atoms. The second kappa shape index (κ2) is 9.78. The molecule has 0 bridgehead atoms. The van der Waals surface area contributed by atoms with Gasteiger partial charge in [0, 0.05) is 18.3 Å². The Hall–Kier alpha value is -3.02. The van der Waals surface area contributed by atoms with Gasteiger partial charge in [-0.3, -0.25) is 4.79 Å². The first-order valence-corrected chi connectivity index (χ1v) is 9.80. The Balaban J connectivity index is 1.51. The zero-order chi connectivity index (χ0) is 19.8. The van der Waals surface area contributed by atoms with Crippen molar-refractivity contribution >= 4 is 17.6 Å². The summed E-state index contributed by atoms with van der Waals surface area (Å²) in [6, 6.07) is 15.1. The average molecular weight is 381 g/mol. The van der Waals surface area contributed by atoms with Crippen molar-refractivity contribution in [2.75, 3.05) is 18.5 Å². The van der Waals surface area contributed by atoms with Crippen LogP contribution in [0.3, 0.4) is 0 Å². The van der Waals surface area contributed by atoms with Crippen LogP contribution >= 0.6 is 0 Å². The largest absolute Gasteiger partial charge is 0.484 e. The van der Waals surface area contributed by atoms with E-state index >= 15 is 0 Å². The fourth-order valence-corrected chi connectivity index (χ4v) is 3.37. The van der Waals surface area contributed by atoms with E-state index in [0.717, 1.165) is 25.7 Å². The van der Waals surface area contributed by atoms with Gasteiger partial charge in [0.2, 0.25) is 0 Å². The third kappa shape index (κ3) is 5.49. The number of amides is 3. The molecule has 0 saturated heterocycles. The zero-order valence-electron chi connectivity index (χ0n) is 16.2. The van der Waals surface area contributed by atoms with E-state index in [9.17, 15) is 9.59 Å². The third-order valence-electron chi connectivity index (χ3n) is 4.70. The molecule has 6 heteroatoms. The number of ether oxygens (including phenoxy) is 1. The van der Waals surface area contributed by atoms with E-state index in [0.29, 0.717) is 18.0 Å². The molecule has 0 radical (unpaired) electrons. The van der Waals surface area contributed by atoms with Crippen LogP contribution in [-0.4, -0.2) is 25.1 Å². The summed E-state index contributed by atoms with van der Waals surface area (Å²) < 4.78 is 5.62. The number of hydrogen-bond acceptors (Lipinski definition) is 3. The number of urea groups is 1. The molecule has 1 atom stereocenters. The van der Waals surface area contributed by atoms with Gasteiger partial charge in [-0.2, -0.15) is 0 Å². The van der Waals surface area contributed by atoms with Gasteiger partial charge in [-0.1, -0.05) is 37.3 Å². The number of nitrogens with one attached hydrogen (secondary N) is 3. The number of anilines is 1. The van der Waals surface area contributed by atoms with Crippen LogP contribution < -0.4 is 20.7 Å². The van der Waals surface area contributed by atoms with Gasteiger partial charge < -0.3 is 20.7 Å². The minimum atomic E-state index is -0.257. The van der Waals surface area contributed by atoms with Crippen molar-refractivity contribution in [2.45, 2.75) is 38.6 Å². The highest BCUT2D eigenvalue weighted by Gasteiger charge is 2.21. The second-order valence-electron chi connectivity index (χ2n) is 6.91. The van der Waals surface area contributed by atoms with Crippen molar-refractivity contribution in [1.29, 1.82) is 0 Å². The van der Waals surface area contributed by atoms with Crippen molar-refractivity contribution in [3.8, 4) is 5.75 Å². The topological polar surface area (TPSA) is 79.5 Å². The van der Waals surface area contributed by atoms with E-state index in [2.05, 4.69) is 28.1 Å². The van der Waals surface area contributed by atoms with Crippen LogP contribution in [0.5, 0.6) is 5.75 Å². The first-order valence-electron chi connectivity index (χ1n) is 9.80. The Bertz CT molecular complexity index is 822. The molecule has 28 heavy (non-hydrogen) atoms. The van der Waals surface area contributed by atoms with E-state index in [1.165, 1.54) is 11.1 Å². The van der Waals surface area contributed by atoms with E-state index in [1.54, 1.807) is 24.3 Å². The smallest absolute Gasteiger partial charge is 0.319 e. The maximum atomic E-state index is 12.4. The maximum Gasteiger partial charge on any atom is 0.319 e. The van der Waals surface area contributed by atoms with Crippen LogP contribution in [0.15, 0.2) is 48.5 Å². The standard InChI is InChI=1S/C22H27N3O3/c1-2-13-23-22(27)24-17-9-6-10-18(14-17)28-15-21(26)25-20-12-5-8-16-7-3-4-11-19(16)20/h3-4,6-7,9-11,14,20H,2,5,8,12-13,15H2,1H3,(H,25,26)(H2,23,24,27)/t20-/m1/s1. The van der Waals surface area contributed by atoms with Crippen LogP contribution in [0.4, 0.5) is 10.5 Å². The normalized spacial score (nSPS) is 15.2. The summed E-state index contributed by atoms with van der Waals surface area (Å²) in [6.45, 7) is 2.54. The van der Waals surface area contributed by atoms with Gasteiger partial charge in [0.25, 0.3) is 5.91 Å². The lowest BCUT2D eigenvalue weighted by molar-refractivity contribution is -0.123. The molecule has 3 N–H and O–H groups in total. The number of carbonyl (C=O) groups is 2. The van der Waals surface area contributed by atoms with Crippen LogP contribution in [0.1, 0.15) is 43.4 Å². The maximum absolute atomic E-state index is 12.4. The number of carbonyl (C=O) groups excluding carboxylic acids is 2. The summed E-state index contributed by atoms with van der Waals surface area (Å²) in [6.07, 6.45) is 3.94. The van der Waals surface area contributed by atoms with E-state index in [4.69, 9.17) is 4.74 Å². The Labute approximate surface area is 165 Å². The minimum Gasteiger partial charge on any atom is -0.484 e. The Morgan fingerprint density at radius 1 is 1.14 bits per heavy atom. The van der Waals surface area contributed by atoms with Crippen molar-refractivity contribution < 1.29 is 14.3 Å². The highest BCUT2D eigenvalue weighted by Crippen LogP contribution is 2.29. The summed E-state index contributed by atoms with van der Waals surface area (Å²) in [4.78, 5) is 24.1. The predicted octanol–water partition coefficient (Wildman–Crippen LogP) is 3.79. The van der Waals surface area contributed by atoms with E-state index in [1.807, 2.05) is 19.1 Å². The number of fused-ring (bicyclic) bond motifs is 1. The lowest BCUT2D eigenvalue weighted by Gasteiger charge is -2.26. The van der Waals surface area contributed by atoms with Crippen molar-refractivity contribution in [2.24, 2.45) is 0 Å². The van der Waals surface area contributed by atoms with E-state index in [-0.39, 0.29) is 24.6 Å².